The molecule has 7 heteroatoms. The van der Waals surface area contributed by atoms with Crippen molar-refractivity contribution in [2.24, 2.45) is 0 Å². The number of thiazole rings is 1. The largest absolute Gasteiger partial charge is 0.497 e. The van der Waals surface area contributed by atoms with Crippen molar-refractivity contribution in [3.8, 4) is 17.0 Å². The molecule has 0 atom stereocenters. The second-order valence-corrected chi connectivity index (χ2v) is 8.98. The molecule has 0 N–H and O–H groups in total. The van der Waals surface area contributed by atoms with Gasteiger partial charge in [0, 0.05) is 43.3 Å². The van der Waals surface area contributed by atoms with E-state index in [0.29, 0.717) is 0 Å². The van der Waals surface area contributed by atoms with Gasteiger partial charge in [-0.1, -0.05) is 0 Å². The molecule has 1 spiro atoms. The van der Waals surface area contributed by atoms with E-state index in [1.807, 2.05) is 18.3 Å². The molecule has 0 amide bonds. The monoisotopic (exact) mass is 409 g/mol. The van der Waals surface area contributed by atoms with E-state index in [1.54, 1.807) is 18.4 Å². The van der Waals surface area contributed by atoms with Crippen LogP contribution in [0, 0.1) is 0 Å². The minimum atomic E-state index is 0.0301. The van der Waals surface area contributed by atoms with Gasteiger partial charge in [0.25, 0.3) is 0 Å². The Morgan fingerprint density at radius 1 is 1.07 bits per heavy atom. The summed E-state index contributed by atoms with van der Waals surface area (Å²) in [6.45, 7) is 5.16. The lowest BCUT2D eigenvalue weighted by Gasteiger charge is -2.49. The molecule has 0 bridgehead atoms. The fourth-order valence-electron chi connectivity index (χ4n) is 4.81. The zero-order valence-electron chi connectivity index (χ0n) is 17.0. The topological polar surface area (TPSA) is 46.4 Å². The molecule has 2 aliphatic rings. The summed E-state index contributed by atoms with van der Waals surface area (Å²) in [5, 5.41) is 3.27. The van der Waals surface area contributed by atoms with Crippen LogP contribution in [0.3, 0.4) is 0 Å². The summed E-state index contributed by atoms with van der Waals surface area (Å²) < 4.78 is 7.76. The molecule has 1 saturated heterocycles. The Bertz CT molecular complexity index is 958. The first kappa shape index (κ1) is 18.8. The first-order valence-electron chi connectivity index (χ1n) is 10.2. The average molecular weight is 410 g/mol. The van der Waals surface area contributed by atoms with Gasteiger partial charge < -0.3 is 9.30 Å². The number of benzene rings is 1. The standard InChI is InChI=1S/C22H27N5OS/c1-25-12-13-27-19(17-3-5-18(28-2)6-4-17)15-24-21(27)22(25)7-10-26(11-8-22)16-20-23-9-14-29-20/h3-6,9,14-15H,7-8,10-13,16H2,1-2H3. The molecule has 29 heavy (non-hydrogen) atoms. The smallest absolute Gasteiger partial charge is 0.129 e. The van der Waals surface area contributed by atoms with Crippen LogP contribution in [0.1, 0.15) is 23.7 Å². The van der Waals surface area contributed by atoms with Gasteiger partial charge in [0.15, 0.2) is 0 Å². The molecule has 3 aromatic rings. The molecule has 0 saturated carbocycles. The van der Waals surface area contributed by atoms with Crippen molar-refractivity contribution < 1.29 is 4.74 Å². The fourth-order valence-corrected chi connectivity index (χ4v) is 5.47. The molecule has 4 heterocycles. The van der Waals surface area contributed by atoms with E-state index in [2.05, 4.69) is 50.1 Å². The number of likely N-dealkylation sites (tertiary alicyclic amines) is 1. The lowest BCUT2D eigenvalue weighted by Crippen LogP contribution is -2.56. The zero-order chi connectivity index (χ0) is 19.8. The lowest BCUT2D eigenvalue weighted by atomic mass is 9.83. The maximum atomic E-state index is 5.31. The Balaban J connectivity index is 1.41. The molecule has 152 valence electrons. The van der Waals surface area contributed by atoms with Crippen LogP contribution < -0.4 is 4.74 Å². The highest BCUT2D eigenvalue weighted by Gasteiger charge is 2.45. The van der Waals surface area contributed by atoms with Crippen molar-refractivity contribution in [2.75, 3.05) is 33.8 Å². The number of rotatable bonds is 4. The van der Waals surface area contributed by atoms with E-state index in [-0.39, 0.29) is 5.54 Å². The van der Waals surface area contributed by atoms with Crippen molar-refractivity contribution in [2.45, 2.75) is 31.5 Å². The number of aromatic nitrogens is 3. The summed E-state index contributed by atoms with van der Waals surface area (Å²) in [4.78, 5) is 14.5. The van der Waals surface area contributed by atoms with Gasteiger partial charge in [-0.2, -0.15) is 0 Å². The Morgan fingerprint density at radius 3 is 2.55 bits per heavy atom. The van der Waals surface area contributed by atoms with E-state index in [4.69, 9.17) is 9.72 Å². The normalized spacial score (nSPS) is 19.4. The van der Waals surface area contributed by atoms with Gasteiger partial charge in [-0.3, -0.25) is 9.80 Å². The molecule has 5 rings (SSSR count). The van der Waals surface area contributed by atoms with Crippen LogP contribution in [0.4, 0.5) is 0 Å². The molecule has 1 aromatic carbocycles. The number of fused-ring (bicyclic) bond motifs is 2. The Hall–Kier alpha value is -2.22. The number of nitrogens with zero attached hydrogens (tertiary/aromatic N) is 5. The molecule has 0 unspecified atom stereocenters. The van der Waals surface area contributed by atoms with Crippen LogP contribution in [0.5, 0.6) is 5.75 Å². The number of piperidine rings is 1. The second kappa shape index (κ2) is 7.55. The van der Waals surface area contributed by atoms with Crippen LogP contribution in [0.15, 0.2) is 42.0 Å². The van der Waals surface area contributed by atoms with Crippen molar-refractivity contribution >= 4 is 11.3 Å². The van der Waals surface area contributed by atoms with Gasteiger partial charge in [0.2, 0.25) is 0 Å². The number of imidazole rings is 1. The number of methoxy groups -OCH3 is 1. The highest BCUT2D eigenvalue weighted by atomic mass is 32.1. The maximum Gasteiger partial charge on any atom is 0.129 e. The number of hydrogen-bond acceptors (Lipinski definition) is 6. The molecule has 2 aromatic heterocycles. The average Bonchev–Trinajstić information content (AvgIpc) is 3.43. The molecule has 6 nitrogen and oxygen atoms in total. The Kier molecular flexibility index (Phi) is 4.89. The van der Waals surface area contributed by atoms with Crippen molar-refractivity contribution in [1.82, 2.24) is 24.3 Å². The molecular weight excluding hydrogens is 382 g/mol. The Morgan fingerprint density at radius 2 is 1.86 bits per heavy atom. The maximum absolute atomic E-state index is 5.31. The van der Waals surface area contributed by atoms with E-state index in [0.717, 1.165) is 51.3 Å². The number of likely N-dealkylation sites (N-methyl/N-ethyl adjacent to an activating group) is 1. The summed E-state index contributed by atoms with van der Waals surface area (Å²) in [7, 11) is 3.97. The van der Waals surface area contributed by atoms with Crippen molar-refractivity contribution in [3.63, 3.8) is 0 Å². The van der Waals surface area contributed by atoms with Crippen LogP contribution in [-0.2, 0) is 18.6 Å². The molecule has 0 aliphatic carbocycles. The van der Waals surface area contributed by atoms with Gasteiger partial charge >= 0.3 is 0 Å². The lowest BCUT2D eigenvalue weighted by molar-refractivity contribution is 0.00699. The summed E-state index contributed by atoms with van der Waals surface area (Å²) in [5.41, 5.74) is 2.44. The van der Waals surface area contributed by atoms with Crippen molar-refractivity contribution in [1.29, 1.82) is 0 Å². The molecular formula is C22H27N5OS. The first-order valence-corrected chi connectivity index (χ1v) is 11.1. The summed E-state index contributed by atoms with van der Waals surface area (Å²) >= 11 is 1.75. The van der Waals surface area contributed by atoms with Gasteiger partial charge in [0.05, 0.1) is 31.1 Å². The quantitative estimate of drug-likeness (QED) is 0.660. The van der Waals surface area contributed by atoms with E-state index < -0.39 is 0 Å². The summed E-state index contributed by atoms with van der Waals surface area (Å²) in [6, 6.07) is 8.31. The fraction of sp³-hybridized carbons (Fsp3) is 0.455. The van der Waals surface area contributed by atoms with E-state index in [1.165, 1.54) is 22.1 Å². The molecule has 1 fully saturated rings. The Labute approximate surface area is 175 Å². The predicted molar refractivity (Wildman–Crippen MR) is 115 cm³/mol. The summed E-state index contributed by atoms with van der Waals surface area (Å²) in [6.07, 6.45) is 6.17. The predicted octanol–water partition coefficient (Wildman–Crippen LogP) is 3.45. The third kappa shape index (κ3) is 3.27. The van der Waals surface area contributed by atoms with Crippen LogP contribution in [0.25, 0.3) is 11.3 Å². The van der Waals surface area contributed by atoms with E-state index in [9.17, 15) is 0 Å². The van der Waals surface area contributed by atoms with Crippen LogP contribution in [-0.4, -0.2) is 58.1 Å². The minimum absolute atomic E-state index is 0.0301. The van der Waals surface area contributed by atoms with Crippen molar-refractivity contribution in [3.05, 3.63) is 52.9 Å². The molecule has 2 aliphatic heterocycles. The van der Waals surface area contributed by atoms with Crippen LogP contribution in [0.2, 0.25) is 0 Å². The van der Waals surface area contributed by atoms with Gasteiger partial charge in [0.1, 0.15) is 16.6 Å². The SMILES string of the molecule is COc1ccc(-c2cnc3n2CCN(C)C32CCN(Cc3nccs3)CC2)cc1. The summed E-state index contributed by atoms with van der Waals surface area (Å²) in [5.74, 6) is 2.11. The van der Waals surface area contributed by atoms with E-state index >= 15 is 0 Å². The third-order valence-electron chi connectivity index (χ3n) is 6.57. The number of hydrogen-bond donors (Lipinski definition) is 0. The third-order valence-corrected chi connectivity index (χ3v) is 7.34. The highest BCUT2D eigenvalue weighted by Crippen LogP contribution is 2.41. The van der Waals surface area contributed by atoms with Crippen LogP contribution >= 0.6 is 11.3 Å². The van der Waals surface area contributed by atoms with Gasteiger partial charge in [-0.25, -0.2) is 9.97 Å². The second-order valence-electron chi connectivity index (χ2n) is 8.00. The minimum Gasteiger partial charge on any atom is -0.497 e. The highest BCUT2D eigenvalue weighted by molar-refractivity contribution is 7.09. The zero-order valence-corrected chi connectivity index (χ0v) is 17.9. The molecule has 0 radical (unpaired) electrons. The number of ether oxygens (including phenoxy) is 1. The van der Waals surface area contributed by atoms with Gasteiger partial charge in [-0.05, 0) is 44.2 Å². The van der Waals surface area contributed by atoms with Gasteiger partial charge in [-0.15, -0.1) is 11.3 Å². The first-order chi connectivity index (χ1) is 14.2.